The molecular formula is C12O12Ru3+6. The minimum atomic E-state index is 0. The van der Waals surface area contributed by atoms with Crippen molar-refractivity contribution < 1.29 is 114 Å². The van der Waals surface area contributed by atoms with Gasteiger partial charge in [0.2, 0.25) is 0 Å². The standard InChI is InChI=1S/12CO.3Ru/c12*1-2;;;/q;;;;;;;;;;;;3*+2. The van der Waals surface area contributed by atoms with E-state index in [9.17, 15) is 0 Å². The Hall–Kier alpha value is -1.25. The smallest absolute Gasteiger partial charge is 2.00 e. The first-order valence-electron chi connectivity index (χ1n) is 2.45. The van der Waals surface area contributed by atoms with Gasteiger partial charge in [0.1, 0.15) is 0 Å². The molecule has 0 rings (SSSR count). The van der Waals surface area contributed by atoms with Gasteiger partial charge in [0.15, 0.2) is 0 Å². The Bertz CT molecular complexity index is 224. The summed E-state index contributed by atoms with van der Waals surface area (Å²) in [7, 11) is 0. The van der Waals surface area contributed by atoms with Gasteiger partial charge < -0.3 is 0 Å². The fourth-order valence-electron chi connectivity index (χ4n) is 0. The van der Waals surface area contributed by atoms with Crippen LogP contribution in [0, 0.1) is 79.8 Å². The largest absolute Gasteiger partial charge is 2.00 e. The Labute approximate surface area is 193 Å². The topological polar surface area (TPSA) is 239 Å². The third-order valence-corrected chi connectivity index (χ3v) is 0. The summed E-state index contributed by atoms with van der Waals surface area (Å²) < 4.78 is 90.0. The normalized spacial score (nSPS) is 0.889. The Balaban J connectivity index is -0.00000000443. The molecule has 0 aliphatic rings. The minimum absolute atomic E-state index is 0. The van der Waals surface area contributed by atoms with Crippen LogP contribution in [0.25, 0.3) is 0 Å². The van der Waals surface area contributed by atoms with Gasteiger partial charge in [0.05, 0.1) is 0 Å². The molecule has 0 saturated heterocycles. The second-order valence-electron chi connectivity index (χ2n) is 0. The summed E-state index contributed by atoms with van der Waals surface area (Å²) in [4.78, 5) is 0. The van der Waals surface area contributed by atoms with Crippen molar-refractivity contribution in [2.45, 2.75) is 0 Å². The minimum Gasteiger partial charge on any atom is 2.00 e. The SMILES string of the molecule is [C-]#[O+].[C-]#[O+].[C-]#[O+].[C-]#[O+].[C-]#[O+].[C-]#[O+].[C-]#[O+].[C-]#[O+].[C-]#[O+].[C-]#[O+].[C-]#[O+].[C-]#[O+].[Ru+2].[Ru+2].[Ru+2]. The monoisotopic (exact) mass is 642 g/mol. The van der Waals surface area contributed by atoms with Crippen molar-refractivity contribution in [3.05, 3.63) is 79.8 Å². The Kier molecular flexibility index (Phi) is 45200. The van der Waals surface area contributed by atoms with Gasteiger partial charge in [0.25, 0.3) is 0 Å². The first-order valence-corrected chi connectivity index (χ1v) is 2.45. The van der Waals surface area contributed by atoms with Gasteiger partial charge in [0, 0.05) is 0 Å². The predicted octanol–water partition coefficient (Wildman–Crippen LogP) is -0.458. The zero-order valence-corrected chi connectivity index (χ0v) is 17.2. The number of hydrogen-bond donors (Lipinski definition) is 0. The molecule has 0 aliphatic heterocycles. The van der Waals surface area contributed by atoms with Crippen LogP contribution in [0.4, 0.5) is 0 Å². The van der Waals surface area contributed by atoms with E-state index in [-0.39, 0.29) is 58.4 Å². The van der Waals surface area contributed by atoms with Crippen LogP contribution in [0.1, 0.15) is 0 Å². The molecule has 12 nitrogen and oxygen atoms in total. The first kappa shape index (κ1) is 136. The summed E-state index contributed by atoms with van der Waals surface area (Å²) in [6.45, 7) is 54.0. The maximum atomic E-state index is 7.50. The first-order chi connectivity index (χ1) is 12.0. The van der Waals surface area contributed by atoms with Crippen LogP contribution >= 0.6 is 0 Å². The molecule has 15 heteroatoms. The molecule has 0 aromatic carbocycles. The molecular weight excluding hydrogens is 639 g/mol. The third-order valence-electron chi connectivity index (χ3n) is 0. The molecule has 0 unspecified atom stereocenters. The second kappa shape index (κ2) is 8940. The number of rotatable bonds is 0. The predicted molar refractivity (Wildman–Crippen MR) is 47.2 cm³/mol. The van der Waals surface area contributed by atoms with Gasteiger partial charge in [-0.2, -0.15) is 0 Å². The van der Waals surface area contributed by atoms with E-state index < -0.39 is 0 Å². The molecule has 0 fully saturated rings. The van der Waals surface area contributed by atoms with E-state index in [2.05, 4.69) is 79.8 Å². The molecule has 0 saturated carbocycles. The molecule has 0 spiro atoms. The van der Waals surface area contributed by atoms with E-state index in [4.69, 9.17) is 55.8 Å². The van der Waals surface area contributed by atoms with Gasteiger partial charge in [-0.25, -0.2) is 0 Å². The Morgan fingerprint density at radius 3 is 0.148 bits per heavy atom. The van der Waals surface area contributed by atoms with E-state index in [1.807, 2.05) is 0 Å². The summed E-state index contributed by atoms with van der Waals surface area (Å²) in [6, 6.07) is 0. The summed E-state index contributed by atoms with van der Waals surface area (Å²) in [5.41, 5.74) is 0. The molecule has 0 bridgehead atoms. The molecule has 0 aromatic heterocycles. The van der Waals surface area contributed by atoms with Crippen LogP contribution < -0.4 is 0 Å². The molecule has 0 aromatic rings. The van der Waals surface area contributed by atoms with Gasteiger partial charge >= 0.3 is 194 Å². The summed E-state index contributed by atoms with van der Waals surface area (Å²) in [5, 5.41) is 0. The van der Waals surface area contributed by atoms with Gasteiger partial charge in [-0.05, 0) is 0 Å². The van der Waals surface area contributed by atoms with Crippen molar-refractivity contribution in [3.63, 3.8) is 0 Å². The van der Waals surface area contributed by atoms with Gasteiger partial charge in [-0.3, -0.25) is 0 Å². The Morgan fingerprint density at radius 2 is 0.148 bits per heavy atom. The maximum absolute atomic E-state index is 7.50. The second-order valence-corrected chi connectivity index (χ2v) is 0. The van der Waals surface area contributed by atoms with Crippen molar-refractivity contribution >= 4 is 0 Å². The van der Waals surface area contributed by atoms with Crippen LogP contribution in [-0.2, 0) is 114 Å². The van der Waals surface area contributed by atoms with Crippen molar-refractivity contribution in [2.75, 3.05) is 0 Å². The third kappa shape index (κ3) is 8200. The molecule has 0 radical (unpaired) electrons. The summed E-state index contributed by atoms with van der Waals surface area (Å²) >= 11 is 0. The maximum Gasteiger partial charge on any atom is 2.00 e. The van der Waals surface area contributed by atoms with Crippen LogP contribution in [0.5, 0.6) is 0 Å². The van der Waals surface area contributed by atoms with Crippen LogP contribution in [0.15, 0.2) is 0 Å². The average Bonchev–Trinajstić information content (AvgIpc) is 2.84. The molecule has 0 aliphatic carbocycles. The van der Waals surface area contributed by atoms with Crippen molar-refractivity contribution in [3.8, 4) is 0 Å². The van der Waals surface area contributed by atoms with Crippen LogP contribution in [0.2, 0.25) is 0 Å². The molecule has 0 N–H and O–H groups in total. The van der Waals surface area contributed by atoms with Crippen molar-refractivity contribution in [2.24, 2.45) is 0 Å². The fourth-order valence-corrected chi connectivity index (χ4v) is 0. The van der Waals surface area contributed by atoms with Gasteiger partial charge in [-0.1, -0.05) is 0 Å². The zero-order chi connectivity index (χ0) is 24.0. The number of hydrogen-bond acceptors (Lipinski definition) is 0. The van der Waals surface area contributed by atoms with Crippen LogP contribution in [-0.4, -0.2) is 0 Å². The van der Waals surface area contributed by atoms with Crippen molar-refractivity contribution in [1.82, 2.24) is 0 Å². The van der Waals surface area contributed by atoms with E-state index in [0.29, 0.717) is 0 Å². The van der Waals surface area contributed by atoms with E-state index >= 15 is 0 Å². The fraction of sp³-hybridized carbons (Fsp3) is 0. The molecule has 0 atom stereocenters. The average molecular weight is 639 g/mol. The molecule has 27 heavy (non-hydrogen) atoms. The molecule has 0 amide bonds. The quantitative estimate of drug-likeness (QED) is 0.186. The molecule has 138 valence electrons. The van der Waals surface area contributed by atoms with E-state index in [1.54, 1.807) is 0 Å². The summed E-state index contributed by atoms with van der Waals surface area (Å²) in [5.74, 6) is 0. The summed E-state index contributed by atoms with van der Waals surface area (Å²) in [6.07, 6.45) is 0. The van der Waals surface area contributed by atoms with Gasteiger partial charge in [-0.15, -0.1) is 0 Å². The van der Waals surface area contributed by atoms with E-state index in [0.717, 1.165) is 0 Å². The zero-order valence-electron chi connectivity index (χ0n) is 12.0. The van der Waals surface area contributed by atoms with Crippen molar-refractivity contribution in [1.29, 1.82) is 0 Å². The molecule has 0 heterocycles. The van der Waals surface area contributed by atoms with Crippen LogP contribution in [0.3, 0.4) is 0 Å². The van der Waals surface area contributed by atoms with E-state index in [1.165, 1.54) is 0 Å². The Morgan fingerprint density at radius 1 is 0.148 bits per heavy atom.